The van der Waals surface area contributed by atoms with Crippen molar-refractivity contribution in [3.63, 3.8) is 0 Å². The molecular weight excluding hydrogens is 162 g/mol. The number of ether oxygens (including phenoxy) is 1. The molecule has 1 aliphatic heterocycles. The topological polar surface area (TPSA) is 21.3 Å². The first-order valence-electron chi connectivity index (χ1n) is 4.74. The van der Waals surface area contributed by atoms with Crippen LogP contribution in [-0.2, 0) is 4.74 Å². The van der Waals surface area contributed by atoms with E-state index in [0.29, 0.717) is 0 Å². The summed E-state index contributed by atoms with van der Waals surface area (Å²) in [5, 5.41) is 3.03. The summed E-state index contributed by atoms with van der Waals surface area (Å²) in [7, 11) is 1.91. The van der Waals surface area contributed by atoms with Crippen LogP contribution in [-0.4, -0.2) is 20.3 Å². The highest BCUT2D eigenvalue weighted by atomic mass is 16.5. The molecule has 1 fully saturated rings. The van der Waals surface area contributed by atoms with Crippen LogP contribution in [0, 0.1) is 0 Å². The Bertz CT molecular complexity index is 199. The van der Waals surface area contributed by atoms with E-state index in [1.54, 1.807) is 0 Å². The Labute approximate surface area is 79.9 Å². The number of hydrogen-bond acceptors (Lipinski definition) is 2. The maximum absolute atomic E-state index is 4.94. The predicted molar refractivity (Wildman–Crippen MR) is 56.0 cm³/mol. The molecule has 13 heavy (non-hydrogen) atoms. The minimum atomic E-state index is 1.00. The fourth-order valence-electron chi connectivity index (χ4n) is 1.12. The minimum Gasteiger partial charge on any atom is -0.388 e. The number of rotatable bonds is 1. The second-order valence-corrected chi connectivity index (χ2v) is 2.94. The standard InChI is InChI=1S/C7H9N.C4H8O/c1-8-7-5-3-2-4-6-7;1-2-4-5-3-1/h2-6,8H,1H3;1-4H2. The van der Waals surface area contributed by atoms with Crippen molar-refractivity contribution in [2.75, 3.05) is 25.6 Å². The Balaban J connectivity index is 0.000000145. The van der Waals surface area contributed by atoms with Crippen molar-refractivity contribution in [3.8, 4) is 0 Å². The fraction of sp³-hybridized carbons (Fsp3) is 0.455. The van der Waals surface area contributed by atoms with E-state index in [1.807, 2.05) is 37.4 Å². The maximum atomic E-state index is 4.94. The van der Waals surface area contributed by atoms with Gasteiger partial charge in [0.2, 0.25) is 0 Å². The third-order valence-corrected chi connectivity index (χ3v) is 1.89. The zero-order valence-corrected chi connectivity index (χ0v) is 8.12. The summed E-state index contributed by atoms with van der Waals surface area (Å²) in [6, 6.07) is 10.1. The summed E-state index contributed by atoms with van der Waals surface area (Å²) in [5.41, 5.74) is 1.16. The number of anilines is 1. The summed E-state index contributed by atoms with van der Waals surface area (Å²) < 4.78 is 4.94. The van der Waals surface area contributed by atoms with E-state index in [4.69, 9.17) is 4.74 Å². The van der Waals surface area contributed by atoms with Gasteiger partial charge < -0.3 is 10.1 Å². The average molecular weight is 179 g/mol. The van der Waals surface area contributed by atoms with Crippen molar-refractivity contribution >= 4 is 5.69 Å². The van der Waals surface area contributed by atoms with Gasteiger partial charge in [-0.25, -0.2) is 0 Å². The van der Waals surface area contributed by atoms with E-state index < -0.39 is 0 Å². The van der Waals surface area contributed by atoms with Gasteiger partial charge in [-0.05, 0) is 25.0 Å². The van der Waals surface area contributed by atoms with Crippen LogP contribution < -0.4 is 5.32 Å². The van der Waals surface area contributed by atoms with Crippen LogP contribution in [0.3, 0.4) is 0 Å². The number of hydrogen-bond donors (Lipinski definition) is 1. The molecule has 0 radical (unpaired) electrons. The lowest BCUT2D eigenvalue weighted by atomic mass is 10.3. The molecule has 0 aromatic heterocycles. The normalized spacial score (nSPS) is 14.5. The van der Waals surface area contributed by atoms with Crippen molar-refractivity contribution < 1.29 is 4.74 Å². The second-order valence-electron chi connectivity index (χ2n) is 2.94. The number of nitrogens with one attached hydrogen (secondary N) is 1. The van der Waals surface area contributed by atoms with Gasteiger partial charge in [0.15, 0.2) is 0 Å². The van der Waals surface area contributed by atoms with Crippen molar-refractivity contribution in [1.82, 2.24) is 0 Å². The van der Waals surface area contributed by atoms with Crippen molar-refractivity contribution in [2.24, 2.45) is 0 Å². The highest BCUT2D eigenvalue weighted by Crippen LogP contribution is 2.01. The first-order valence-corrected chi connectivity index (χ1v) is 4.74. The fourth-order valence-corrected chi connectivity index (χ4v) is 1.12. The molecule has 72 valence electrons. The molecule has 1 aromatic carbocycles. The van der Waals surface area contributed by atoms with Crippen molar-refractivity contribution in [2.45, 2.75) is 12.8 Å². The molecular formula is C11H17NO. The first-order chi connectivity index (χ1) is 6.43. The Morgan fingerprint density at radius 1 is 1.08 bits per heavy atom. The summed E-state index contributed by atoms with van der Waals surface area (Å²) in [6.07, 6.45) is 2.56. The molecule has 1 aliphatic rings. The monoisotopic (exact) mass is 179 g/mol. The molecule has 1 aromatic rings. The molecule has 0 atom stereocenters. The van der Waals surface area contributed by atoms with Gasteiger partial charge in [-0.2, -0.15) is 0 Å². The third-order valence-electron chi connectivity index (χ3n) is 1.89. The highest BCUT2D eigenvalue weighted by Gasteiger charge is 1.94. The summed E-state index contributed by atoms with van der Waals surface area (Å²) in [4.78, 5) is 0. The molecule has 2 rings (SSSR count). The van der Waals surface area contributed by atoms with Gasteiger partial charge in [-0.3, -0.25) is 0 Å². The summed E-state index contributed by atoms with van der Waals surface area (Å²) in [5.74, 6) is 0. The quantitative estimate of drug-likeness (QED) is 0.715. The second kappa shape index (κ2) is 6.49. The van der Waals surface area contributed by atoms with Gasteiger partial charge in [0, 0.05) is 25.9 Å². The minimum absolute atomic E-state index is 1.00. The summed E-state index contributed by atoms with van der Waals surface area (Å²) >= 11 is 0. The molecule has 1 N–H and O–H groups in total. The summed E-state index contributed by atoms with van der Waals surface area (Å²) in [6.45, 7) is 2.00. The van der Waals surface area contributed by atoms with E-state index in [-0.39, 0.29) is 0 Å². The molecule has 0 spiro atoms. The van der Waals surface area contributed by atoms with E-state index in [1.165, 1.54) is 12.8 Å². The zero-order chi connectivity index (χ0) is 9.36. The average Bonchev–Trinajstić information content (AvgIpc) is 2.77. The predicted octanol–water partition coefficient (Wildman–Crippen LogP) is 2.53. The van der Waals surface area contributed by atoms with Crippen molar-refractivity contribution in [3.05, 3.63) is 30.3 Å². The third kappa shape index (κ3) is 4.53. The Morgan fingerprint density at radius 2 is 1.69 bits per heavy atom. The van der Waals surface area contributed by atoms with E-state index in [9.17, 15) is 0 Å². The van der Waals surface area contributed by atoms with Crippen LogP contribution in [0.5, 0.6) is 0 Å². The van der Waals surface area contributed by atoms with Gasteiger partial charge in [-0.1, -0.05) is 18.2 Å². The molecule has 0 saturated carbocycles. The molecule has 1 heterocycles. The van der Waals surface area contributed by atoms with Crippen LogP contribution in [0.25, 0.3) is 0 Å². The maximum Gasteiger partial charge on any atom is 0.0466 e. The first kappa shape index (κ1) is 10.1. The van der Waals surface area contributed by atoms with Gasteiger partial charge in [0.1, 0.15) is 0 Å². The Morgan fingerprint density at radius 3 is 2.00 bits per heavy atom. The van der Waals surface area contributed by atoms with Crippen LogP contribution in [0.2, 0.25) is 0 Å². The Kier molecular flexibility index (Phi) is 5.02. The van der Waals surface area contributed by atoms with Crippen LogP contribution in [0.4, 0.5) is 5.69 Å². The molecule has 0 amide bonds. The van der Waals surface area contributed by atoms with Gasteiger partial charge in [0.05, 0.1) is 0 Å². The molecule has 2 heteroatoms. The van der Waals surface area contributed by atoms with E-state index >= 15 is 0 Å². The zero-order valence-electron chi connectivity index (χ0n) is 8.12. The van der Waals surface area contributed by atoms with E-state index in [0.717, 1.165) is 18.9 Å². The largest absolute Gasteiger partial charge is 0.388 e. The van der Waals surface area contributed by atoms with Gasteiger partial charge in [0.25, 0.3) is 0 Å². The number of para-hydroxylation sites is 1. The highest BCUT2D eigenvalue weighted by molar-refractivity contribution is 5.41. The van der Waals surface area contributed by atoms with Crippen LogP contribution in [0.15, 0.2) is 30.3 Å². The smallest absolute Gasteiger partial charge is 0.0466 e. The van der Waals surface area contributed by atoms with Gasteiger partial charge >= 0.3 is 0 Å². The molecule has 0 aliphatic carbocycles. The molecule has 0 unspecified atom stereocenters. The lowest BCUT2D eigenvalue weighted by Gasteiger charge is -1.94. The van der Waals surface area contributed by atoms with Crippen LogP contribution >= 0.6 is 0 Å². The molecule has 0 bridgehead atoms. The van der Waals surface area contributed by atoms with Gasteiger partial charge in [-0.15, -0.1) is 0 Å². The molecule has 2 nitrogen and oxygen atoms in total. The number of benzene rings is 1. The van der Waals surface area contributed by atoms with Crippen molar-refractivity contribution in [1.29, 1.82) is 0 Å². The molecule has 1 saturated heterocycles. The Hall–Kier alpha value is -1.02. The lowest BCUT2D eigenvalue weighted by Crippen LogP contribution is -1.84. The SMILES string of the molecule is C1CCOC1.CNc1ccccc1. The van der Waals surface area contributed by atoms with E-state index in [2.05, 4.69) is 5.32 Å². The van der Waals surface area contributed by atoms with Crippen LogP contribution in [0.1, 0.15) is 12.8 Å². The lowest BCUT2D eigenvalue weighted by molar-refractivity contribution is 0.198.